The highest BCUT2D eigenvalue weighted by atomic mass is 127. The van der Waals surface area contributed by atoms with Crippen LogP contribution in [-0.4, -0.2) is 55.5 Å². The Kier molecular flexibility index (Phi) is 8.31. The molecule has 31 heavy (non-hydrogen) atoms. The van der Waals surface area contributed by atoms with Gasteiger partial charge < -0.3 is 15.5 Å². The standard InChI is InChI=1S/C24H31N5O.HI/c1-18-14-21(17-28(18)16-19-8-4-3-5-9-19)27-24(25-2)26-15-23(30)29-13-12-20-10-6-7-11-22(20)29;/h3-11,18,21H,12-17H2,1-2H3,(H2,25,26,27);1H. The monoisotopic (exact) mass is 533 g/mol. The number of guanidine groups is 1. The molecule has 2 aliphatic rings. The highest BCUT2D eigenvalue weighted by molar-refractivity contribution is 14.0. The molecule has 2 aromatic carbocycles. The van der Waals surface area contributed by atoms with Crippen molar-refractivity contribution in [3.05, 3.63) is 65.7 Å². The number of carbonyl (C=O) groups is 1. The first kappa shape index (κ1) is 23.5. The Hall–Kier alpha value is -2.13. The van der Waals surface area contributed by atoms with Crippen LogP contribution in [0, 0.1) is 0 Å². The van der Waals surface area contributed by atoms with Crippen molar-refractivity contribution < 1.29 is 4.79 Å². The van der Waals surface area contributed by atoms with Gasteiger partial charge in [-0.05, 0) is 37.0 Å². The normalized spacial score (nSPS) is 20.8. The number of para-hydroxylation sites is 1. The quantitative estimate of drug-likeness (QED) is 0.353. The molecule has 0 bridgehead atoms. The summed E-state index contributed by atoms with van der Waals surface area (Å²) in [5.41, 5.74) is 3.62. The van der Waals surface area contributed by atoms with E-state index in [4.69, 9.17) is 0 Å². The Morgan fingerprint density at radius 3 is 2.65 bits per heavy atom. The predicted molar refractivity (Wildman–Crippen MR) is 137 cm³/mol. The fraction of sp³-hybridized carbons (Fsp3) is 0.417. The predicted octanol–water partition coefficient (Wildman–Crippen LogP) is 3.02. The van der Waals surface area contributed by atoms with Gasteiger partial charge in [-0.15, -0.1) is 24.0 Å². The molecule has 0 saturated carbocycles. The third-order valence-electron chi connectivity index (χ3n) is 6.09. The summed E-state index contributed by atoms with van der Waals surface area (Å²) in [4.78, 5) is 21.4. The van der Waals surface area contributed by atoms with Gasteiger partial charge in [-0.3, -0.25) is 14.7 Å². The van der Waals surface area contributed by atoms with Crippen LogP contribution in [0.2, 0.25) is 0 Å². The maximum atomic E-state index is 12.7. The first-order valence-electron chi connectivity index (χ1n) is 10.8. The third kappa shape index (κ3) is 5.77. The van der Waals surface area contributed by atoms with Crippen LogP contribution < -0.4 is 15.5 Å². The van der Waals surface area contributed by atoms with E-state index in [1.807, 2.05) is 23.1 Å². The smallest absolute Gasteiger partial charge is 0.246 e. The van der Waals surface area contributed by atoms with Crippen molar-refractivity contribution in [2.45, 2.75) is 38.4 Å². The zero-order valence-electron chi connectivity index (χ0n) is 18.3. The number of amides is 1. The van der Waals surface area contributed by atoms with Crippen LogP contribution in [0.1, 0.15) is 24.5 Å². The minimum absolute atomic E-state index is 0. The van der Waals surface area contributed by atoms with Crippen molar-refractivity contribution in [3.8, 4) is 0 Å². The molecule has 2 aromatic rings. The molecule has 2 heterocycles. The van der Waals surface area contributed by atoms with Gasteiger partial charge in [0.15, 0.2) is 5.96 Å². The van der Waals surface area contributed by atoms with Crippen molar-refractivity contribution in [1.29, 1.82) is 0 Å². The second kappa shape index (κ2) is 10.9. The minimum atomic E-state index is 0. The summed E-state index contributed by atoms with van der Waals surface area (Å²) in [5, 5.41) is 6.72. The van der Waals surface area contributed by atoms with Crippen LogP contribution >= 0.6 is 24.0 Å². The minimum Gasteiger partial charge on any atom is -0.352 e. The fourth-order valence-electron chi connectivity index (χ4n) is 4.48. The maximum absolute atomic E-state index is 12.7. The number of likely N-dealkylation sites (tertiary alicyclic amines) is 1. The van der Waals surface area contributed by atoms with Gasteiger partial charge in [-0.25, -0.2) is 0 Å². The van der Waals surface area contributed by atoms with Gasteiger partial charge in [-0.2, -0.15) is 0 Å². The van der Waals surface area contributed by atoms with E-state index in [-0.39, 0.29) is 36.4 Å². The summed E-state index contributed by atoms with van der Waals surface area (Å²) in [6, 6.07) is 19.5. The van der Waals surface area contributed by atoms with Crippen molar-refractivity contribution >= 4 is 41.5 Å². The van der Waals surface area contributed by atoms with Crippen LogP contribution in [0.5, 0.6) is 0 Å². The Morgan fingerprint density at radius 1 is 1.13 bits per heavy atom. The summed E-state index contributed by atoms with van der Waals surface area (Å²) >= 11 is 0. The van der Waals surface area contributed by atoms with Crippen LogP contribution in [0.3, 0.4) is 0 Å². The number of halogens is 1. The lowest BCUT2D eigenvalue weighted by molar-refractivity contribution is -0.117. The maximum Gasteiger partial charge on any atom is 0.246 e. The third-order valence-corrected chi connectivity index (χ3v) is 6.09. The zero-order valence-corrected chi connectivity index (χ0v) is 20.6. The van der Waals surface area contributed by atoms with E-state index >= 15 is 0 Å². The van der Waals surface area contributed by atoms with Gasteiger partial charge in [0.25, 0.3) is 0 Å². The summed E-state index contributed by atoms with van der Waals surface area (Å²) in [5.74, 6) is 0.767. The molecule has 1 amide bonds. The molecule has 0 spiro atoms. The molecular weight excluding hydrogens is 501 g/mol. The number of aliphatic imine (C=N–C) groups is 1. The Labute approximate surface area is 202 Å². The largest absolute Gasteiger partial charge is 0.352 e. The number of anilines is 1. The number of hydrogen-bond donors (Lipinski definition) is 2. The van der Waals surface area contributed by atoms with Crippen LogP contribution in [0.15, 0.2) is 59.6 Å². The molecule has 2 N–H and O–H groups in total. The molecule has 0 aliphatic carbocycles. The van der Waals surface area contributed by atoms with Gasteiger partial charge >= 0.3 is 0 Å². The highest BCUT2D eigenvalue weighted by Gasteiger charge is 2.30. The number of carbonyl (C=O) groups excluding carboxylic acids is 1. The highest BCUT2D eigenvalue weighted by Crippen LogP contribution is 2.27. The molecule has 4 rings (SSSR count). The van der Waals surface area contributed by atoms with E-state index < -0.39 is 0 Å². The molecule has 166 valence electrons. The van der Waals surface area contributed by atoms with Crippen molar-refractivity contribution in [2.75, 3.05) is 31.6 Å². The second-order valence-electron chi connectivity index (χ2n) is 8.19. The second-order valence-corrected chi connectivity index (χ2v) is 8.19. The summed E-state index contributed by atoms with van der Waals surface area (Å²) in [6.07, 6.45) is 1.98. The van der Waals surface area contributed by atoms with Crippen molar-refractivity contribution in [2.24, 2.45) is 4.99 Å². The van der Waals surface area contributed by atoms with E-state index in [0.717, 1.165) is 38.2 Å². The van der Waals surface area contributed by atoms with Crippen LogP contribution in [0.4, 0.5) is 5.69 Å². The zero-order chi connectivity index (χ0) is 20.9. The van der Waals surface area contributed by atoms with E-state index in [1.54, 1.807) is 7.05 Å². The molecule has 2 aliphatic heterocycles. The van der Waals surface area contributed by atoms with E-state index in [0.29, 0.717) is 18.0 Å². The summed E-state index contributed by atoms with van der Waals surface area (Å²) < 4.78 is 0. The molecule has 1 saturated heterocycles. The van der Waals surface area contributed by atoms with Crippen molar-refractivity contribution in [3.63, 3.8) is 0 Å². The number of hydrogen-bond acceptors (Lipinski definition) is 3. The van der Waals surface area contributed by atoms with Crippen LogP contribution in [0.25, 0.3) is 0 Å². The van der Waals surface area contributed by atoms with Gasteiger partial charge in [-0.1, -0.05) is 48.5 Å². The molecule has 7 heteroatoms. The lowest BCUT2D eigenvalue weighted by Crippen LogP contribution is -2.48. The molecule has 2 atom stereocenters. The first-order valence-corrected chi connectivity index (χ1v) is 10.8. The molecule has 0 aromatic heterocycles. The van der Waals surface area contributed by atoms with Gasteiger partial charge in [0.05, 0.1) is 6.54 Å². The number of benzene rings is 2. The number of rotatable bonds is 5. The Morgan fingerprint density at radius 2 is 1.87 bits per heavy atom. The first-order chi connectivity index (χ1) is 14.6. The SMILES string of the molecule is CN=C(NCC(=O)N1CCc2ccccc21)NC1CC(C)N(Cc2ccccc2)C1.I. The topological polar surface area (TPSA) is 60.0 Å². The number of fused-ring (bicyclic) bond motifs is 1. The van der Waals surface area contributed by atoms with Crippen molar-refractivity contribution in [1.82, 2.24) is 15.5 Å². The molecule has 0 radical (unpaired) electrons. The van der Waals surface area contributed by atoms with Crippen LogP contribution in [-0.2, 0) is 17.8 Å². The lowest BCUT2D eigenvalue weighted by Gasteiger charge is -2.21. The van der Waals surface area contributed by atoms with E-state index in [9.17, 15) is 4.79 Å². The number of nitrogens with zero attached hydrogens (tertiary/aromatic N) is 3. The van der Waals surface area contributed by atoms with Gasteiger partial charge in [0.2, 0.25) is 5.91 Å². The summed E-state index contributed by atoms with van der Waals surface area (Å²) in [6.45, 7) is 5.18. The summed E-state index contributed by atoms with van der Waals surface area (Å²) in [7, 11) is 1.76. The molecule has 1 fully saturated rings. The fourth-order valence-corrected chi connectivity index (χ4v) is 4.48. The van der Waals surface area contributed by atoms with Gasteiger partial charge in [0.1, 0.15) is 0 Å². The molecular formula is C24H32IN5O. The Balaban J connectivity index is 0.00000272. The number of nitrogens with one attached hydrogen (secondary N) is 2. The average Bonchev–Trinajstić information content (AvgIpc) is 3.35. The average molecular weight is 533 g/mol. The molecule has 6 nitrogen and oxygen atoms in total. The lowest BCUT2D eigenvalue weighted by atomic mass is 10.2. The molecule has 2 unspecified atom stereocenters. The van der Waals surface area contributed by atoms with Gasteiger partial charge in [0, 0.05) is 44.5 Å². The van der Waals surface area contributed by atoms with E-state index in [1.165, 1.54) is 11.1 Å². The van der Waals surface area contributed by atoms with E-state index in [2.05, 4.69) is 63.8 Å². The Bertz CT molecular complexity index is 904.